The zero-order chi connectivity index (χ0) is 26.3. The normalized spacial score (nSPS) is 13.5. The van der Waals surface area contributed by atoms with Crippen molar-refractivity contribution in [2.75, 3.05) is 0 Å². The number of carbonyl (C=O) groups is 2. The third-order valence-electron chi connectivity index (χ3n) is 7.07. The molecule has 6 rings (SSSR count). The van der Waals surface area contributed by atoms with Crippen LogP contribution in [0.15, 0.2) is 136 Å². The Morgan fingerprint density at radius 2 is 1.05 bits per heavy atom. The Morgan fingerprint density at radius 3 is 1.55 bits per heavy atom. The maximum Gasteiger partial charge on any atom is 0.343 e. The summed E-state index contributed by atoms with van der Waals surface area (Å²) in [4.78, 5) is 41.1. The van der Waals surface area contributed by atoms with Gasteiger partial charge in [0.2, 0.25) is 11.6 Å². The Balaban J connectivity index is 1.67. The van der Waals surface area contributed by atoms with Crippen LogP contribution in [0.4, 0.5) is 0 Å². The molecule has 0 aliphatic heterocycles. The molecule has 1 heterocycles. The molecule has 0 spiro atoms. The van der Waals surface area contributed by atoms with Crippen molar-refractivity contribution in [2.24, 2.45) is 0 Å². The summed E-state index contributed by atoms with van der Waals surface area (Å²) in [6, 6.07) is 38.2. The van der Waals surface area contributed by atoms with Crippen LogP contribution in [0.3, 0.4) is 0 Å². The highest BCUT2D eigenvalue weighted by Gasteiger charge is 2.48. The Morgan fingerprint density at radius 1 is 0.605 bits per heavy atom. The van der Waals surface area contributed by atoms with E-state index in [-0.39, 0.29) is 28.0 Å². The van der Waals surface area contributed by atoms with Gasteiger partial charge in [-0.25, -0.2) is 4.79 Å². The molecule has 0 N–H and O–H groups in total. The van der Waals surface area contributed by atoms with Gasteiger partial charge in [-0.3, -0.25) is 9.59 Å². The second kappa shape index (κ2) is 9.41. The smallest absolute Gasteiger partial charge is 0.343 e. The number of Topliss-reactive ketones (excluding diaryl/α,β-unsaturated/α-hetero) is 2. The molecule has 5 aromatic rings. The highest BCUT2D eigenvalue weighted by molar-refractivity contribution is 7.98. The number of benzene rings is 4. The molecule has 1 aliphatic rings. The number of allylic oxidation sites excluding steroid dienone is 2. The van der Waals surface area contributed by atoms with E-state index in [4.69, 9.17) is 4.42 Å². The van der Waals surface area contributed by atoms with E-state index < -0.39 is 12.5 Å². The number of ketones is 2. The molecule has 0 bridgehead atoms. The molecule has 0 unspecified atom stereocenters. The van der Waals surface area contributed by atoms with E-state index in [0.29, 0.717) is 11.2 Å². The van der Waals surface area contributed by atoms with E-state index in [1.807, 2.05) is 103 Å². The monoisotopic (exact) mass is 514 g/mol. The SMILES string of the molecule is CC(=C1C(=O)C(=P(c2ccccc2)(c2ccccc2)c2ccccc2)C1=O)c1cc2ccccc2oc1=O. The van der Waals surface area contributed by atoms with Crippen LogP contribution in [-0.2, 0) is 9.59 Å². The lowest BCUT2D eigenvalue weighted by atomic mass is 9.83. The van der Waals surface area contributed by atoms with E-state index in [1.54, 1.807) is 25.1 Å². The fourth-order valence-corrected chi connectivity index (χ4v) is 9.63. The van der Waals surface area contributed by atoms with Gasteiger partial charge in [-0.15, -0.1) is 0 Å². The molecule has 184 valence electrons. The number of rotatable bonds is 4. The maximum absolute atomic E-state index is 14.1. The standard InChI is InChI=1S/C33H23O4P/c1-22(27-21-23-13-11-12-20-28(23)37-33(27)36)29-30(34)32(31(29)35)38(24-14-5-2-6-15-24,25-16-7-3-8-17-25)26-18-9-4-10-19-26/h2-21H,1H3. The summed E-state index contributed by atoms with van der Waals surface area (Å²) >= 11 is 0. The first-order valence-electron chi connectivity index (χ1n) is 12.3. The molecule has 1 saturated carbocycles. The molecule has 4 aromatic carbocycles. The second-order valence-electron chi connectivity index (χ2n) is 9.17. The van der Waals surface area contributed by atoms with Crippen LogP contribution < -0.4 is 21.5 Å². The lowest BCUT2D eigenvalue weighted by Crippen LogP contribution is -2.48. The summed E-state index contributed by atoms with van der Waals surface area (Å²) in [5.41, 5.74) is 0.505. The van der Waals surface area contributed by atoms with E-state index in [2.05, 4.69) is 0 Å². The number of hydrogen-bond donors (Lipinski definition) is 0. The van der Waals surface area contributed by atoms with Crippen molar-refractivity contribution in [3.63, 3.8) is 0 Å². The molecule has 0 atom stereocenters. The van der Waals surface area contributed by atoms with Gasteiger partial charge in [-0.2, -0.15) is 0 Å². The van der Waals surface area contributed by atoms with Gasteiger partial charge in [-0.1, -0.05) is 109 Å². The van der Waals surface area contributed by atoms with Crippen molar-refractivity contribution < 1.29 is 14.0 Å². The van der Waals surface area contributed by atoms with Gasteiger partial charge in [0.1, 0.15) is 5.58 Å². The average molecular weight is 515 g/mol. The van der Waals surface area contributed by atoms with Crippen LogP contribution in [0.25, 0.3) is 16.5 Å². The largest absolute Gasteiger partial charge is 0.422 e. The number of fused-ring (bicyclic) bond motifs is 1. The topological polar surface area (TPSA) is 64.3 Å². The molecule has 38 heavy (non-hydrogen) atoms. The van der Waals surface area contributed by atoms with Gasteiger partial charge in [0.15, 0.2) is 0 Å². The summed E-state index contributed by atoms with van der Waals surface area (Å²) in [5, 5.41) is 3.79. The molecule has 1 aliphatic carbocycles. The minimum absolute atomic E-state index is 0.0507. The molecule has 1 aromatic heterocycles. The van der Waals surface area contributed by atoms with Crippen molar-refractivity contribution in [1.29, 1.82) is 0 Å². The predicted octanol–water partition coefficient (Wildman–Crippen LogP) is 4.88. The Labute approximate surface area is 219 Å². The third-order valence-corrected chi connectivity index (χ3v) is 11.4. The summed E-state index contributed by atoms with van der Waals surface area (Å²) in [6.07, 6.45) is 0. The lowest BCUT2D eigenvalue weighted by molar-refractivity contribution is -0.119. The van der Waals surface area contributed by atoms with E-state index in [9.17, 15) is 14.4 Å². The predicted molar refractivity (Wildman–Crippen MR) is 155 cm³/mol. The minimum Gasteiger partial charge on any atom is -0.422 e. The van der Waals surface area contributed by atoms with Crippen molar-refractivity contribution in [1.82, 2.24) is 0 Å². The van der Waals surface area contributed by atoms with Gasteiger partial charge in [0, 0.05) is 5.39 Å². The van der Waals surface area contributed by atoms with Crippen molar-refractivity contribution in [3.8, 4) is 0 Å². The first-order chi connectivity index (χ1) is 18.5. The molecule has 1 fully saturated rings. The number of carbonyl (C=O) groups excluding carboxylic acids is 2. The lowest BCUT2D eigenvalue weighted by Gasteiger charge is -2.36. The van der Waals surface area contributed by atoms with E-state index in [0.717, 1.165) is 21.3 Å². The molecular weight excluding hydrogens is 491 g/mol. The van der Waals surface area contributed by atoms with Crippen LogP contribution in [0.5, 0.6) is 0 Å². The van der Waals surface area contributed by atoms with Gasteiger partial charge in [0.05, 0.1) is 16.4 Å². The second-order valence-corrected chi connectivity index (χ2v) is 12.5. The van der Waals surface area contributed by atoms with Gasteiger partial charge >= 0.3 is 5.63 Å². The minimum atomic E-state index is -2.81. The fraction of sp³-hybridized carbons (Fsp3) is 0.0303. The van der Waals surface area contributed by atoms with Crippen LogP contribution in [0.1, 0.15) is 12.5 Å². The molecular formula is C33H23O4P. The summed E-state index contributed by atoms with van der Waals surface area (Å²) in [6.45, 7) is -1.16. The van der Waals surface area contributed by atoms with Crippen molar-refractivity contribution in [2.45, 2.75) is 6.92 Å². The summed E-state index contributed by atoms with van der Waals surface area (Å²) in [7, 11) is 0. The number of para-hydroxylation sites is 1. The van der Waals surface area contributed by atoms with Gasteiger partial charge < -0.3 is 4.42 Å². The van der Waals surface area contributed by atoms with Crippen LogP contribution in [-0.4, -0.2) is 16.9 Å². The first-order valence-corrected chi connectivity index (χ1v) is 14.1. The Kier molecular flexibility index (Phi) is 5.90. The molecule has 5 heteroatoms. The van der Waals surface area contributed by atoms with E-state index in [1.165, 1.54) is 0 Å². The quantitative estimate of drug-likeness (QED) is 0.148. The molecule has 0 saturated heterocycles. The summed E-state index contributed by atoms with van der Waals surface area (Å²) < 4.78 is 5.49. The summed E-state index contributed by atoms with van der Waals surface area (Å²) in [5.74, 6) is -0.630. The van der Waals surface area contributed by atoms with Crippen LogP contribution in [0, 0.1) is 0 Å². The van der Waals surface area contributed by atoms with Gasteiger partial charge in [-0.05, 0) is 47.4 Å². The maximum atomic E-state index is 14.1. The van der Waals surface area contributed by atoms with Gasteiger partial charge in [0.25, 0.3) is 0 Å². The van der Waals surface area contributed by atoms with Crippen molar-refractivity contribution in [3.05, 3.63) is 143 Å². The Hall–Kier alpha value is -4.53. The van der Waals surface area contributed by atoms with Crippen molar-refractivity contribution >= 4 is 56.2 Å². The number of hydrogen-bond acceptors (Lipinski definition) is 4. The molecule has 0 amide bonds. The van der Waals surface area contributed by atoms with E-state index >= 15 is 0 Å². The third kappa shape index (κ3) is 3.57. The fourth-order valence-electron chi connectivity index (χ4n) is 5.27. The van der Waals surface area contributed by atoms with Crippen LogP contribution in [0.2, 0.25) is 0 Å². The zero-order valence-corrected chi connectivity index (χ0v) is 21.5. The highest BCUT2D eigenvalue weighted by atomic mass is 31.2. The zero-order valence-electron chi connectivity index (χ0n) is 20.6. The molecule has 0 radical (unpaired) electrons. The van der Waals surface area contributed by atoms with Crippen LogP contribution >= 0.6 is 6.89 Å². The average Bonchev–Trinajstić information content (AvgIpc) is 2.97. The highest BCUT2D eigenvalue weighted by Crippen LogP contribution is 2.50. The Bertz CT molecular complexity index is 1740. The first kappa shape index (κ1) is 23.8. The molecule has 4 nitrogen and oxygen atoms in total.